The minimum absolute atomic E-state index is 0.186. The highest BCUT2D eigenvalue weighted by atomic mass is 19.3. The fraction of sp³-hybridized carbons (Fsp3) is 0.695. The molecule has 0 aromatic heterocycles. The molecule has 1 heterocycles. The van der Waals surface area contributed by atoms with Crippen LogP contribution in [-0.4, -0.2) is 186 Å². The maximum Gasteiger partial charge on any atom is 0.329 e. The van der Waals surface area contributed by atoms with E-state index in [0.29, 0.717) is 19.3 Å². The summed E-state index contributed by atoms with van der Waals surface area (Å²) in [6, 6.07) is -5.77. The van der Waals surface area contributed by atoms with E-state index in [1.54, 1.807) is 55.5 Å². The van der Waals surface area contributed by atoms with Gasteiger partial charge >= 0.3 is 5.97 Å². The Hall–Kier alpha value is -7.44. The van der Waals surface area contributed by atoms with E-state index in [1.165, 1.54) is 13.8 Å². The summed E-state index contributed by atoms with van der Waals surface area (Å²) in [6.45, 7) is 12.1. The van der Waals surface area contributed by atoms with Crippen LogP contribution >= 0.6 is 0 Å². The average molecular weight is 1260 g/mol. The van der Waals surface area contributed by atoms with Crippen LogP contribution in [0.2, 0.25) is 0 Å². The summed E-state index contributed by atoms with van der Waals surface area (Å²) in [7, 11) is 1.58. The van der Waals surface area contributed by atoms with Gasteiger partial charge in [-0.05, 0) is 94.7 Å². The highest BCUT2D eigenvalue weighted by molar-refractivity contribution is 6.01. The highest BCUT2D eigenvalue weighted by Gasteiger charge is 2.62. The zero-order valence-corrected chi connectivity index (χ0v) is 52.5. The Bertz CT molecular complexity index is 2610. The number of aliphatic hydroxyl groups is 2. The normalized spacial score (nSPS) is 23.3. The first kappa shape index (κ1) is 75.8. The van der Waals surface area contributed by atoms with Crippen molar-refractivity contribution in [2.45, 2.75) is 205 Å². The van der Waals surface area contributed by atoms with E-state index in [2.05, 4.69) is 58.5 Å². The molecule has 1 aliphatic heterocycles. The lowest BCUT2D eigenvalue weighted by molar-refractivity contribution is -0.157. The number of rotatable bonds is 34. The lowest BCUT2D eigenvalue weighted by Gasteiger charge is -2.31. The number of amides is 11. The molecular formula is C59H95F2N13O15. The van der Waals surface area contributed by atoms with Gasteiger partial charge in [0.2, 0.25) is 71.4 Å². The molecule has 2 aliphatic rings. The van der Waals surface area contributed by atoms with E-state index in [0.717, 1.165) is 5.56 Å². The molecule has 17 N–H and O–H groups in total. The van der Waals surface area contributed by atoms with E-state index in [1.807, 2.05) is 30.3 Å². The molecule has 1 spiro atoms. The summed E-state index contributed by atoms with van der Waals surface area (Å²) in [4.78, 5) is 166. The van der Waals surface area contributed by atoms with Crippen molar-refractivity contribution in [3.8, 4) is 0 Å². The van der Waals surface area contributed by atoms with Gasteiger partial charge < -0.3 is 84.9 Å². The summed E-state index contributed by atoms with van der Waals surface area (Å²) in [5.74, 6) is -15.2. The summed E-state index contributed by atoms with van der Waals surface area (Å²) in [6.07, 6.45) is -4.33. The molecular weight excluding hydrogens is 1170 g/mol. The third-order valence-electron chi connectivity index (χ3n) is 16.7. The predicted molar refractivity (Wildman–Crippen MR) is 320 cm³/mol. The molecule has 89 heavy (non-hydrogen) atoms. The van der Waals surface area contributed by atoms with E-state index < -0.39 is 212 Å². The Labute approximate surface area is 517 Å². The van der Waals surface area contributed by atoms with Gasteiger partial charge in [0.1, 0.15) is 66.0 Å². The van der Waals surface area contributed by atoms with Gasteiger partial charge in [0, 0.05) is 12.8 Å². The molecule has 1 aromatic carbocycles. The Morgan fingerprint density at radius 1 is 0.674 bits per heavy atom. The van der Waals surface area contributed by atoms with Crippen molar-refractivity contribution in [2.75, 3.05) is 26.8 Å². The van der Waals surface area contributed by atoms with Gasteiger partial charge in [-0.2, -0.15) is 0 Å². The lowest BCUT2D eigenvalue weighted by atomic mass is 9.94. The second-order valence-corrected chi connectivity index (χ2v) is 23.4. The first-order valence-electron chi connectivity index (χ1n) is 30.4. The molecule has 3 rings (SSSR count). The molecule has 2 fully saturated rings. The molecule has 1 aliphatic carbocycles. The Morgan fingerprint density at radius 2 is 1.18 bits per heavy atom. The number of carbonyl (C=O) groups excluding carboxylic acids is 12. The standard InChI is InChI=1S/C59H95F2N13O15/c1-11-29(4)43(53(83)68-40(28-76)52(82)72-47-34(9)89-57(87)46(31(6)13-3)73-58(88)59(26-36(59)25-41(60)61)74-48(78)33(8)65-56(47)86)71-55(85)44(30(5)12-2)69-49(79)37(21-22-42(63)77)66-51(81)39(27-75)67-54(84)45(32(7)18-17-23-62)70-50(80)38(64-10)24-35-19-15-14-16-20-35/h14-16,19-20,29-34,36-41,43-47,64,75-76H,11-13,17-18,21-28,62H2,1-10H3,(H2,63,77)(H,65,86)(H,66,81)(H,67,84)(H,68,83)(H,69,79)(H,70,80)(H,71,85)(H,72,82)(H,73,88)(H,74,78)/t29-,30-,31-,32-,33-,34-,36+,37+,38+,39-,40-,43-,44+,45-,46-,47+,59+/m0/s1. The van der Waals surface area contributed by atoms with Gasteiger partial charge in [0.25, 0.3) is 0 Å². The van der Waals surface area contributed by atoms with Crippen LogP contribution in [0.4, 0.5) is 8.78 Å². The number of cyclic esters (lactones) is 1. The molecule has 17 atom stereocenters. The van der Waals surface area contributed by atoms with Crippen LogP contribution in [0.1, 0.15) is 126 Å². The van der Waals surface area contributed by atoms with Crippen LogP contribution in [0.15, 0.2) is 30.3 Å². The SMILES string of the molecule is CC[C@H](C)[C@H](NC(=O)[C@H](NC(=O)[C@@H](CCC(N)=O)NC(=O)[C@H](CO)NC(=O)[C@@H](NC(=O)[C@@H](Cc1ccccc1)NC)[C@@H](C)CCCN)[C@@H](C)CC)C(=O)N[C@@H](CO)C(=O)N[C@H]1C(=O)N[C@@H](C)C(=O)N[C@@]2(C[C@H]2CC(F)F)C(=O)N[C@@H]([C@@H](C)CC)C(=O)O[C@H]1C. The number of alkyl halides is 2. The number of primary amides is 1. The van der Waals surface area contributed by atoms with Gasteiger partial charge in [-0.25, -0.2) is 13.6 Å². The van der Waals surface area contributed by atoms with Crippen molar-refractivity contribution in [2.24, 2.45) is 41.1 Å². The van der Waals surface area contributed by atoms with Gasteiger partial charge in [-0.15, -0.1) is 0 Å². The topological polar surface area (TPSA) is 439 Å². The van der Waals surface area contributed by atoms with Gasteiger partial charge in [-0.3, -0.25) is 52.7 Å². The number of nitrogens with one attached hydrogen (secondary N) is 11. The maximum absolute atomic E-state index is 14.4. The first-order chi connectivity index (χ1) is 42.0. The van der Waals surface area contributed by atoms with Gasteiger partial charge in [0.05, 0.1) is 19.3 Å². The van der Waals surface area contributed by atoms with Crippen LogP contribution < -0.4 is 70.0 Å². The molecule has 30 heteroatoms. The molecule has 500 valence electrons. The van der Waals surface area contributed by atoms with Crippen molar-refractivity contribution in [3.05, 3.63) is 35.9 Å². The number of aliphatic hydroxyl groups excluding tert-OH is 2. The summed E-state index contributed by atoms with van der Waals surface area (Å²) >= 11 is 0. The molecule has 1 saturated heterocycles. The maximum atomic E-state index is 14.4. The molecule has 28 nitrogen and oxygen atoms in total. The van der Waals surface area contributed by atoms with E-state index >= 15 is 0 Å². The van der Waals surface area contributed by atoms with E-state index in [9.17, 15) is 76.5 Å². The Kier molecular flexibility index (Phi) is 30.9. The summed E-state index contributed by atoms with van der Waals surface area (Å²) in [5.41, 5.74) is 10.2. The number of likely N-dealkylation sites (N-methyl/N-ethyl adjacent to an activating group) is 1. The monoisotopic (exact) mass is 1260 g/mol. The molecule has 0 radical (unpaired) electrons. The van der Waals surface area contributed by atoms with Crippen molar-refractivity contribution >= 4 is 70.9 Å². The third kappa shape index (κ3) is 22.2. The summed E-state index contributed by atoms with van der Waals surface area (Å²) in [5, 5.41) is 48.9. The van der Waals surface area contributed by atoms with Crippen LogP contribution in [0.3, 0.4) is 0 Å². The Balaban J connectivity index is 1.87. The molecule has 11 amide bonds. The first-order valence-corrected chi connectivity index (χ1v) is 30.4. The quantitative estimate of drug-likeness (QED) is 0.0316. The zero-order valence-electron chi connectivity index (χ0n) is 52.5. The minimum atomic E-state index is -2.83. The molecule has 0 bridgehead atoms. The second-order valence-electron chi connectivity index (χ2n) is 23.4. The second kappa shape index (κ2) is 36.3. The number of ether oxygens (including phenoxy) is 1. The van der Waals surface area contributed by atoms with Crippen LogP contribution in [0, 0.1) is 29.6 Å². The average Bonchev–Trinajstić information content (AvgIpc) is 1.75. The summed E-state index contributed by atoms with van der Waals surface area (Å²) < 4.78 is 32.8. The highest BCUT2D eigenvalue weighted by Crippen LogP contribution is 2.48. The van der Waals surface area contributed by atoms with Crippen LogP contribution in [0.5, 0.6) is 0 Å². The third-order valence-corrected chi connectivity index (χ3v) is 16.7. The molecule has 1 aromatic rings. The van der Waals surface area contributed by atoms with E-state index in [4.69, 9.17) is 16.2 Å². The molecule has 0 unspecified atom stereocenters. The van der Waals surface area contributed by atoms with Crippen molar-refractivity contribution in [1.82, 2.24) is 58.5 Å². The molecule has 1 saturated carbocycles. The fourth-order valence-electron chi connectivity index (χ4n) is 10.1. The number of esters is 1. The van der Waals surface area contributed by atoms with Crippen molar-refractivity contribution in [3.63, 3.8) is 0 Å². The Morgan fingerprint density at radius 3 is 1.69 bits per heavy atom. The zero-order chi connectivity index (χ0) is 67.0. The van der Waals surface area contributed by atoms with E-state index in [-0.39, 0.29) is 32.2 Å². The van der Waals surface area contributed by atoms with Crippen LogP contribution in [-0.2, 0) is 68.7 Å². The number of nitrogens with two attached hydrogens (primary N) is 2. The van der Waals surface area contributed by atoms with Gasteiger partial charge in [-0.1, -0.05) is 98.1 Å². The van der Waals surface area contributed by atoms with Crippen LogP contribution in [0.25, 0.3) is 0 Å². The van der Waals surface area contributed by atoms with Gasteiger partial charge in [0.15, 0.2) is 0 Å². The minimum Gasteiger partial charge on any atom is -0.458 e. The number of halogens is 2. The smallest absolute Gasteiger partial charge is 0.329 e. The number of hydrogen-bond acceptors (Lipinski definition) is 17. The van der Waals surface area contributed by atoms with Crippen molar-refractivity contribution in [1.29, 1.82) is 0 Å². The number of carbonyl (C=O) groups is 12. The predicted octanol–water partition coefficient (Wildman–Crippen LogP) is -2.56. The van der Waals surface area contributed by atoms with Crippen molar-refractivity contribution < 1.29 is 81.3 Å². The number of benzene rings is 1. The lowest BCUT2D eigenvalue weighted by Crippen LogP contribution is -2.63. The number of hydrogen-bond donors (Lipinski definition) is 15. The largest absolute Gasteiger partial charge is 0.458 e. The fourth-order valence-corrected chi connectivity index (χ4v) is 10.1.